The van der Waals surface area contributed by atoms with Crippen LogP contribution in [-0.2, 0) is 11.8 Å². The van der Waals surface area contributed by atoms with E-state index in [1.165, 1.54) is 0 Å². The minimum Gasteiger partial charge on any atom is -0.368 e. The van der Waals surface area contributed by atoms with E-state index in [-0.39, 0.29) is 0 Å². The van der Waals surface area contributed by atoms with Crippen molar-refractivity contribution in [1.82, 2.24) is 9.78 Å². The van der Waals surface area contributed by atoms with Gasteiger partial charge in [-0.25, -0.2) is 0 Å². The summed E-state index contributed by atoms with van der Waals surface area (Å²) in [6.45, 7) is 0.298. The molecule has 5 N–H and O–H groups in total. The molecule has 0 aliphatic carbocycles. The fourth-order valence-electron chi connectivity index (χ4n) is 0.824. The van der Waals surface area contributed by atoms with Crippen LogP contribution in [0, 0.1) is 0 Å². The highest BCUT2D eigenvalue weighted by molar-refractivity contribution is 5.80. The Bertz CT molecular complexity index is 295. The number of nitrogens with zero attached hydrogens (tertiary/aromatic N) is 2. The van der Waals surface area contributed by atoms with Crippen molar-refractivity contribution in [1.29, 1.82) is 0 Å². The Hall–Kier alpha value is -1.56. The second-order valence-corrected chi connectivity index (χ2v) is 2.76. The molecule has 1 atom stereocenters. The van der Waals surface area contributed by atoms with E-state index in [2.05, 4.69) is 10.4 Å². The van der Waals surface area contributed by atoms with Crippen molar-refractivity contribution in [3.8, 4) is 0 Å². The molecular formula is C7H13N5O. The van der Waals surface area contributed by atoms with Crippen molar-refractivity contribution in [3.63, 3.8) is 0 Å². The van der Waals surface area contributed by atoms with Gasteiger partial charge in [0.15, 0.2) is 0 Å². The number of primary amides is 1. The molecule has 0 bridgehead atoms. The van der Waals surface area contributed by atoms with Crippen molar-refractivity contribution in [2.45, 2.75) is 6.04 Å². The topological polar surface area (TPSA) is 99.0 Å². The van der Waals surface area contributed by atoms with Gasteiger partial charge in [0.2, 0.25) is 5.91 Å². The van der Waals surface area contributed by atoms with Crippen molar-refractivity contribution in [2.24, 2.45) is 18.5 Å². The van der Waals surface area contributed by atoms with E-state index in [1.54, 1.807) is 24.0 Å². The van der Waals surface area contributed by atoms with Crippen LogP contribution in [0.25, 0.3) is 0 Å². The molecule has 0 saturated carbocycles. The highest BCUT2D eigenvalue weighted by Crippen LogP contribution is 1.99. The molecule has 0 aliphatic rings. The Labute approximate surface area is 75.9 Å². The first-order valence-corrected chi connectivity index (χ1v) is 3.88. The Morgan fingerprint density at radius 1 is 1.85 bits per heavy atom. The number of carbonyl (C=O) groups excluding carboxylic acids is 1. The predicted octanol–water partition coefficient (Wildman–Crippen LogP) is -1.36. The molecule has 1 unspecified atom stereocenters. The first-order chi connectivity index (χ1) is 6.09. The zero-order valence-corrected chi connectivity index (χ0v) is 7.40. The number of carbonyl (C=O) groups is 1. The minimum atomic E-state index is -0.679. The van der Waals surface area contributed by atoms with Crippen LogP contribution in [-0.4, -0.2) is 28.3 Å². The van der Waals surface area contributed by atoms with Crippen LogP contribution in [0.5, 0.6) is 0 Å². The number of amides is 1. The molecule has 0 spiro atoms. The van der Waals surface area contributed by atoms with Gasteiger partial charge in [0, 0.05) is 25.9 Å². The Morgan fingerprint density at radius 2 is 2.54 bits per heavy atom. The lowest BCUT2D eigenvalue weighted by atomic mass is 10.3. The van der Waals surface area contributed by atoms with Crippen LogP contribution in [0.15, 0.2) is 12.3 Å². The van der Waals surface area contributed by atoms with Crippen LogP contribution in [0.4, 0.5) is 5.82 Å². The Kier molecular flexibility index (Phi) is 2.86. The molecule has 1 amide bonds. The van der Waals surface area contributed by atoms with Gasteiger partial charge in [-0.1, -0.05) is 0 Å². The molecular weight excluding hydrogens is 170 g/mol. The Balaban J connectivity index is 2.39. The standard InChI is InChI=1S/C7H13N5O/c1-12-3-2-6(11-12)10-4-5(8)7(9)13/h2-3,5H,4,8H2,1H3,(H2,9,13)(H,10,11). The molecule has 6 nitrogen and oxygen atoms in total. The lowest BCUT2D eigenvalue weighted by Gasteiger charge is -2.07. The number of hydrogen-bond acceptors (Lipinski definition) is 4. The van der Waals surface area contributed by atoms with Gasteiger partial charge in [0.05, 0.1) is 0 Å². The molecule has 0 fully saturated rings. The van der Waals surface area contributed by atoms with Gasteiger partial charge < -0.3 is 16.8 Å². The van der Waals surface area contributed by atoms with Crippen molar-refractivity contribution in [2.75, 3.05) is 11.9 Å². The molecule has 1 aromatic rings. The quantitative estimate of drug-likeness (QED) is 0.537. The number of aromatic nitrogens is 2. The maximum Gasteiger partial charge on any atom is 0.236 e. The molecule has 13 heavy (non-hydrogen) atoms. The number of anilines is 1. The zero-order valence-electron chi connectivity index (χ0n) is 7.40. The predicted molar refractivity (Wildman–Crippen MR) is 48.9 cm³/mol. The molecule has 0 aromatic carbocycles. The van der Waals surface area contributed by atoms with Crippen molar-refractivity contribution in [3.05, 3.63) is 12.3 Å². The summed E-state index contributed by atoms with van der Waals surface area (Å²) in [5, 5.41) is 6.93. The van der Waals surface area contributed by atoms with Gasteiger partial charge in [0.1, 0.15) is 11.9 Å². The highest BCUT2D eigenvalue weighted by atomic mass is 16.1. The summed E-state index contributed by atoms with van der Waals surface area (Å²) in [5.74, 6) is 0.155. The maximum atomic E-state index is 10.6. The van der Waals surface area contributed by atoms with Gasteiger partial charge in [-0.15, -0.1) is 0 Å². The van der Waals surface area contributed by atoms with Crippen molar-refractivity contribution >= 4 is 11.7 Å². The van der Waals surface area contributed by atoms with E-state index in [9.17, 15) is 4.79 Å². The minimum absolute atomic E-state index is 0.298. The summed E-state index contributed by atoms with van der Waals surface area (Å²) < 4.78 is 1.65. The zero-order chi connectivity index (χ0) is 9.84. The summed E-state index contributed by atoms with van der Waals surface area (Å²) in [6, 6.07) is 1.11. The molecule has 1 aromatic heterocycles. The second-order valence-electron chi connectivity index (χ2n) is 2.76. The van der Waals surface area contributed by atoms with Crippen LogP contribution >= 0.6 is 0 Å². The van der Waals surface area contributed by atoms with Crippen molar-refractivity contribution < 1.29 is 4.79 Å². The van der Waals surface area contributed by atoms with Crippen LogP contribution in [0.3, 0.4) is 0 Å². The van der Waals surface area contributed by atoms with Crippen LogP contribution < -0.4 is 16.8 Å². The fourth-order valence-corrected chi connectivity index (χ4v) is 0.824. The Morgan fingerprint density at radius 3 is 3.00 bits per heavy atom. The third-order valence-corrected chi connectivity index (χ3v) is 1.58. The SMILES string of the molecule is Cn1ccc(NCC(N)C(N)=O)n1. The monoisotopic (exact) mass is 183 g/mol. The van der Waals surface area contributed by atoms with Gasteiger partial charge in [0.25, 0.3) is 0 Å². The third-order valence-electron chi connectivity index (χ3n) is 1.58. The lowest BCUT2D eigenvalue weighted by Crippen LogP contribution is -2.41. The van der Waals surface area contributed by atoms with Crippen LogP contribution in [0.2, 0.25) is 0 Å². The number of rotatable bonds is 4. The second kappa shape index (κ2) is 3.90. The first-order valence-electron chi connectivity index (χ1n) is 3.88. The summed E-state index contributed by atoms with van der Waals surface area (Å²) in [5.41, 5.74) is 10.4. The molecule has 72 valence electrons. The summed E-state index contributed by atoms with van der Waals surface area (Å²) in [6.07, 6.45) is 1.79. The molecule has 0 radical (unpaired) electrons. The van der Waals surface area contributed by atoms with Gasteiger partial charge in [-0.05, 0) is 0 Å². The molecule has 0 aliphatic heterocycles. The average Bonchev–Trinajstić information content (AvgIpc) is 2.47. The molecule has 1 heterocycles. The van der Waals surface area contributed by atoms with Gasteiger partial charge in [-0.3, -0.25) is 9.48 Å². The van der Waals surface area contributed by atoms with E-state index in [0.29, 0.717) is 12.4 Å². The molecule has 1 rings (SSSR count). The first kappa shape index (κ1) is 9.53. The molecule has 0 saturated heterocycles. The van der Waals surface area contributed by atoms with E-state index in [4.69, 9.17) is 11.5 Å². The third kappa shape index (κ3) is 2.75. The summed E-state index contributed by atoms with van der Waals surface area (Å²) in [7, 11) is 1.80. The lowest BCUT2D eigenvalue weighted by molar-refractivity contribution is -0.118. The van der Waals surface area contributed by atoms with Gasteiger partial charge >= 0.3 is 0 Å². The van der Waals surface area contributed by atoms with E-state index in [1.807, 2.05) is 0 Å². The highest BCUT2D eigenvalue weighted by Gasteiger charge is 2.08. The number of aryl methyl sites for hydroxylation is 1. The van der Waals surface area contributed by atoms with E-state index >= 15 is 0 Å². The smallest absolute Gasteiger partial charge is 0.236 e. The normalized spacial score (nSPS) is 12.5. The number of nitrogens with two attached hydrogens (primary N) is 2. The summed E-state index contributed by atoms with van der Waals surface area (Å²) >= 11 is 0. The van der Waals surface area contributed by atoms with Crippen LogP contribution in [0.1, 0.15) is 0 Å². The summed E-state index contributed by atoms with van der Waals surface area (Å²) in [4.78, 5) is 10.6. The fraction of sp³-hybridized carbons (Fsp3) is 0.429. The number of hydrogen-bond donors (Lipinski definition) is 3. The average molecular weight is 183 g/mol. The molecule has 6 heteroatoms. The maximum absolute atomic E-state index is 10.6. The van der Waals surface area contributed by atoms with E-state index in [0.717, 1.165) is 0 Å². The van der Waals surface area contributed by atoms with Gasteiger partial charge in [-0.2, -0.15) is 5.10 Å². The number of nitrogens with one attached hydrogen (secondary N) is 1. The van der Waals surface area contributed by atoms with E-state index < -0.39 is 11.9 Å². The largest absolute Gasteiger partial charge is 0.368 e.